The topological polar surface area (TPSA) is 66.6 Å². The molecule has 4 heteroatoms. The minimum absolute atomic E-state index is 0.0322. The van der Waals surface area contributed by atoms with Gasteiger partial charge in [-0.25, -0.2) is 0 Å². The van der Waals surface area contributed by atoms with Crippen molar-refractivity contribution < 1.29 is 9.90 Å². The van der Waals surface area contributed by atoms with Crippen LogP contribution in [0.4, 0.5) is 0 Å². The van der Waals surface area contributed by atoms with Gasteiger partial charge in [0.05, 0.1) is 12.1 Å². The average Bonchev–Trinajstić information content (AvgIpc) is 2.05. The van der Waals surface area contributed by atoms with Crippen molar-refractivity contribution >= 4 is 5.91 Å². The summed E-state index contributed by atoms with van der Waals surface area (Å²) in [5, 5.41) is 9.36. The first-order chi connectivity index (χ1) is 6.68. The van der Waals surface area contributed by atoms with Crippen molar-refractivity contribution in [1.82, 2.24) is 4.90 Å². The van der Waals surface area contributed by atoms with E-state index in [4.69, 9.17) is 5.73 Å². The number of aliphatic hydroxyl groups is 1. The summed E-state index contributed by atoms with van der Waals surface area (Å²) in [6, 6.07) is 0.444. The van der Waals surface area contributed by atoms with Crippen molar-refractivity contribution in [3.05, 3.63) is 0 Å². The Morgan fingerprint density at radius 3 is 2.29 bits per heavy atom. The SMILES string of the molecule is NC(=O)C1CCN1C1CCC(O)CC1. The van der Waals surface area contributed by atoms with Crippen LogP contribution in [0.2, 0.25) is 0 Å². The molecule has 1 atom stereocenters. The molecule has 2 rings (SSSR count). The Balaban J connectivity index is 1.87. The smallest absolute Gasteiger partial charge is 0.234 e. The molecule has 1 amide bonds. The summed E-state index contributed by atoms with van der Waals surface area (Å²) < 4.78 is 0. The van der Waals surface area contributed by atoms with Gasteiger partial charge in [-0.3, -0.25) is 9.69 Å². The molecule has 2 aliphatic rings. The summed E-state index contributed by atoms with van der Waals surface area (Å²) in [4.78, 5) is 13.2. The van der Waals surface area contributed by atoms with E-state index in [0.29, 0.717) is 6.04 Å². The van der Waals surface area contributed by atoms with Crippen LogP contribution in [0, 0.1) is 0 Å². The second-order valence-electron chi connectivity index (χ2n) is 4.41. The van der Waals surface area contributed by atoms with Crippen molar-refractivity contribution in [2.45, 2.75) is 50.3 Å². The monoisotopic (exact) mass is 198 g/mol. The van der Waals surface area contributed by atoms with E-state index < -0.39 is 0 Å². The molecular formula is C10H18N2O2. The fraction of sp³-hybridized carbons (Fsp3) is 0.900. The van der Waals surface area contributed by atoms with Gasteiger partial charge in [-0.15, -0.1) is 0 Å². The number of amides is 1. The molecule has 0 radical (unpaired) electrons. The number of hydrogen-bond acceptors (Lipinski definition) is 3. The lowest BCUT2D eigenvalue weighted by Crippen LogP contribution is -2.59. The fourth-order valence-electron chi connectivity index (χ4n) is 2.54. The number of primary amides is 1. The number of likely N-dealkylation sites (tertiary alicyclic amines) is 1. The Bertz CT molecular complexity index is 224. The summed E-state index contributed by atoms with van der Waals surface area (Å²) in [7, 11) is 0. The maximum Gasteiger partial charge on any atom is 0.234 e. The zero-order valence-electron chi connectivity index (χ0n) is 8.35. The van der Waals surface area contributed by atoms with Crippen LogP contribution < -0.4 is 5.73 Å². The van der Waals surface area contributed by atoms with Crippen LogP contribution in [-0.2, 0) is 4.79 Å². The average molecular weight is 198 g/mol. The first-order valence-corrected chi connectivity index (χ1v) is 5.41. The van der Waals surface area contributed by atoms with Crippen LogP contribution in [-0.4, -0.2) is 40.6 Å². The molecule has 2 fully saturated rings. The third-order valence-electron chi connectivity index (χ3n) is 3.52. The third kappa shape index (κ3) is 1.77. The molecule has 0 aromatic rings. The van der Waals surface area contributed by atoms with E-state index in [0.717, 1.165) is 38.6 Å². The number of rotatable bonds is 2. The second kappa shape index (κ2) is 3.87. The quantitative estimate of drug-likeness (QED) is 0.648. The highest BCUT2D eigenvalue weighted by Gasteiger charge is 2.38. The number of aliphatic hydroxyl groups excluding tert-OH is 1. The zero-order valence-corrected chi connectivity index (χ0v) is 8.35. The Morgan fingerprint density at radius 1 is 1.21 bits per heavy atom. The molecule has 0 bridgehead atoms. The van der Waals surface area contributed by atoms with Gasteiger partial charge in [0.2, 0.25) is 5.91 Å². The van der Waals surface area contributed by atoms with E-state index in [1.54, 1.807) is 0 Å². The lowest BCUT2D eigenvalue weighted by Gasteiger charge is -2.46. The Labute approximate surface area is 84.1 Å². The molecule has 1 heterocycles. The molecule has 0 aromatic heterocycles. The molecule has 1 aliphatic carbocycles. The zero-order chi connectivity index (χ0) is 10.1. The molecule has 3 N–H and O–H groups in total. The second-order valence-corrected chi connectivity index (χ2v) is 4.41. The standard InChI is InChI=1S/C10H18N2O2/c11-10(14)9-5-6-12(9)7-1-3-8(13)4-2-7/h7-9,13H,1-6H2,(H2,11,14). The van der Waals surface area contributed by atoms with Gasteiger partial charge >= 0.3 is 0 Å². The molecule has 0 aromatic carbocycles. The van der Waals surface area contributed by atoms with Crippen LogP contribution in [0.25, 0.3) is 0 Å². The van der Waals surface area contributed by atoms with E-state index in [9.17, 15) is 9.90 Å². The summed E-state index contributed by atoms with van der Waals surface area (Å²) in [6.07, 6.45) is 4.53. The lowest BCUT2D eigenvalue weighted by molar-refractivity contribution is -0.130. The predicted octanol–water partition coefficient (Wildman–Crippen LogP) is -0.151. The van der Waals surface area contributed by atoms with Crippen LogP contribution in [0.3, 0.4) is 0 Å². The molecular weight excluding hydrogens is 180 g/mol. The highest BCUT2D eigenvalue weighted by atomic mass is 16.3. The van der Waals surface area contributed by atoms with Gasteiger partial charge < -0.3 is 10.8 Å². The molecule has 1 saturated heterocycles. The Hall–Kier alpha value is -0.610. The number of hydrogen-bond donors (Lipinski definition) is 2. The molecule has 14 heavy (non-hydrogen) atoms. The highest BCUT2D eigenvalue weighted by molar-refractivity contribution is 5.80. The van der Waals surface area contributed by atoms with Crippen LogP contribution >= 0.6 is 0 Å². The fourth-order valence-corrected chi connectivity index (χ4v) is 2.54. The van der Waals surface area contributed by atoms with Crippen LogP contribution in [0.15, 0.2) is 0 Å². The van der Waals surface area contributed by atoms with Gasteiger partial charge in [0.15, 0.2) is 0 Å². The molecule has 80 valence electrons. The number of carbonyl (C=O) groups is 1. The summed E-state index contributed by atoms with van der Waals surface area (Å²) >= 11 is 0. The number of nitrogens with zero attached hydrogens (tertiary/aromatic N) is 1. The van der Waals surface area contributed by atoms with Gasteiger partial charge in [0.1, 0.15) is 0 Å². The van der Waals surface area contributed by atoms with Crippen molar-refractivity contribution in [2.24, 2.45) is 5.73 Å². The van der Waals surface area contributed by atoms with Gasteiger partial charge in [-0.05, 0) is 32.1 Å². The number of carbonyl (C=O) groups excluding carboxylic acids is 1. The van der Waals surface area contributed by atoms with Crippen molar-refractivity contribution in [1.29, 1.82) is 0 Å². The molecule has 1 saturated carbocycles. The van der Waals surface area contributed by atoms with E-state index >= 15 is 0 Å². The van der Waals surface area contributed by atoms with E-state index in [-0.39, 0.29) is 18.1 Å². The summed E-state index contributed by atoms with van der Waals surface area (Å²) in [5.74, 6) is -0.192. The van der Waals surface area contributed by atoms with E-state index in [1.165, 1.54) is 0 Å². The maximum absolute atomic E-state index is 11.0. The normalized spacial score (nSPS) is 39.1. The van der Waals surface area contributed by atoms with Crippen molar-refractivity contribution in [2.75, 3.05) is 6.54 Å². The third-order valence-corrected chi connectivity index (χ3v) is 3.52. The summed E-state index contributed by atoms with van der Waals surface area (Å²) in [5.41, 5.74) is 5.29. The van der Waals surface area contributed by atoms with Gasteiger partial charge in [-0.2, -0.15) is 0 Å². The van der Waals surface area contributed by atoms with Crippen LogP contribution in [0.1, 0.15) is 32.1 Å². The highest BCUT2D eigenvalue weighted by Crippen LogP contribution is 2.29. The summed E-state index contributed by atoms with van der Waals surface area (Å²) in [6.45, 7) is 0.994. The first-order valence-electron chi connectivity index (χ1n) is 5.41. The maximum atomic E-state index is 11.0. The Morgan fingerprint density at radius 2 is 1.86 bits per heavy atom. The first kappa shape index (κ1) is 9.93. The molecule has 1 unspecified atom stereocenters. The molecule has 4 nitrogen and oxygen atoms in total. The van der Waals surface area contributed by atoms with Crippen LogP contribution in [0.5, 0.6) is 0 Å². The molecule has 1 aliphatic heterocycles. The minimum atomic E-state index is -0.192. The minimum Gasteiger partial charge on any atom is -0.393 e. The van der Waals surface area contributed by atoms with E-state index in [1.807, 2.05) is 0 Å². The van der Waals surface area contributed by atoms with E-state index in [2.05, 4.69) is 4.90 Å². The Kier molecular flexibility index (Phi) is 2.74. The lowest BCUT2D eigenvalue weighted by atomic mass is 9.88. The van der Waals surface area contributed by atoms with Crippen molar-refractivity contribution in [3.63, 3.8) is 0 Å². The number of nitrogens with two attached hydrogens (primary N) is 1. The largest absolute Gasteiger partial charge is 0.393 e. The van der Waals surface area contributed by atoms with Gasteiger partial charge in [0.25, 0.3) is 0 Å². The van der Waals surface area contributed by atoms with Gasteiger partial charge in [0, 0.05) is 12.6 Å². The molecule has 0 spiro atoms. The van der Waals surface area contributed by atoms with Gasteiger partial charge in [-0.1, -0.05) is 0 Å². The predicted molar refractivity (Wildman–Crippen MR) is 52.6 cm³/mol. The van der Waals surface area contributed by atoms with Crippen molar-refractivity contribution in [3.8, 4) is 0 Å².